The number of nitro groups is 2. The molecule has 0 aromatic heterocycles. The topological polar surface area (TPSA) is 105 Å². The fraction of sp³-hybridized carbons (Fsp3) is 0.308. The van der Waals surface area contributed by atoms with Crippen LogP contribution in [0.5, 0.6) is 11.5 Å². The predicted molar refractivity (Wildman–Crippen MR) is 131 cm³/mol. The lowest BCUT2D eigenvalue weighted by atomic mass is 9.93. The quantitative estimate of drug-likeness (QED) is 0.115. The van der Waals surface area contributed by atoms with Gasteiger partial charge < -0.3 is 9.47 Å². The molecule has 52 heavy (non-hydrogen) atoms. The van der Waals surface area contributed by atoms with Gasteiger partial charge in [0.25, 0.3) is 11.4 Å². The lowest BCUT2D eigenvalue weighted by Gasteiger charge is -2.37. The lowest BCUT2D eigenvalue weighted by Crippen LogP contribution is -2.59. The van der Waals surface area contributed by atoms with E-state index in [0.29, 0.717) is 0 Å². The molecule has 0 aliphatic heterocycles. The maximum atomic E-state index is 15.4. The molecule has 2 atom stereocenters. The summed E-state index contributed by atoms with van der Waals surface area (Å²) in [4.78, 5) is 18.5. The Bertz CT molecular complexity index is 1730. The summed E-state index contributed by atoms with van der Waals surface area (Å²) >= 11 is 0. The number of non-ortho nitro benzene ring substituents is 2. The first-order valence-electron chi connectivity index (χ1n) is 12.7. The fourth-order valence-corrected chi connectivity index (χ4v) is 4.07. The molecule has 2 unspecified atom stereocenters. The van der Waals surface area contributed by atoms with Crippen molar-refractivity contribution in [1.82, 2.24) is 0 Å². The Balaban J connectivity index is 2.24. The molecule has 0 heterocycles. The summed E-state index contributed by atoms with van der Waals surface area (Å²) in [5.41, 5.74) is -14.1. The average molecular weight is 788 g/mol. The third-order valence-corrected chi connectivity index (χ3v) is 6.58. The molecule has 26 heteroatoms. The van der Waals surface area contributed by atoms with Crippen LogP contribution in [0.4, 0.5) is 90.4 Å². The van der Waals surface area contributed by atoms with Crippen molar-refractivity contribution in [2.75, 3.05) is 0 Å². The van der Waals surface area contributed by atoms with Crippen LogP contribution >= 0.6 is 0 Å². The van der Waals surface area contributed by atoms with Gasteiger partial charge in [-0.15, -0.1) is 0 Å². The van der Waals surface area contributed by atoms with Crippen LogP contribution in [0.1, 0.15) is 22.3 Å². The van der Waals surface area contributed by atoms with Gasteiger partial charge >= 0.3 is 48.3 Å². The molecule has 0 aliphatic carbocycles. The number of ether oxygens (including phenoxy) is 2. The number of hydrogen-bond donors (Lipinski definition) is 0. The molecule has 0 amide bonds. The maximum Gasteiger partial charge on any atom is 0.467 e. The third-order valence-electron chi connectivity index (χ3n) is 6.58. The number of halogens is 18. The Morgan fingerprint density at radius 2 is 0.769 bits per heavy atom. The van der Waals surface area contributed by atoms with Gasteiger partial charge in [0.15, 0.2) is 0 Å². The van der Waals surface area contributed by atoms with E-state index in [9.17, 15) is 72.9 Å². The minimum absolute atomic E-state index is 0.0756. The molecular weight excluding hydrogens is 778 g/mol. The van der Waals surface area contributed by atoms with Gasteiger partial charge in [-0.05, 0) is 18.2 Å². The first-order chi connectivity index (χ1) is 23.2. The first kappa shape index (κ1) is 41.2. The lowest BCUT2D eigenvalue weighted by molar-refractivity contribution is -0.385. The van der Waals surface area contributed by atoms with Gasteiger partial charge in [-0.2, -0.15) is 79.0 Å². The molecule has 0 saturated carbocycles. The zero-order valence-electron chi connectivity index (χ0n) is 23.9. The molecule has 0 fully saturated rings. The summed E-state index contributed by atoms with van der Waals surface area (Å²) in [5, 5.41) is 21.6. The average Bonchev–Trinajstić information content (AvgIpc) is 2.98. The van der Waals surface area contributed by atoms with Gasteiger partial charge in [0.1, 0.15) is 22.6 Å². The largest absolute Gasteiger partial charge is 0.467 e. The molecule has 0 radical (unpaired) electrons. The second kappa shape index (κ2) is 12.8. The van der Waals surface area contributed by atoms with Gasteiger partial charge in [0.05, 0.1) is 9.85 Å². The second-order valence-corrected chi connectivity index (χ2v) is 9.99. The van der Waals surface area contributed by atoms with Crippen LogP contribution in [-0.4, -0.2) is 33.9 Å². The Kier molecular flexibility index (Phi) is 10.1. The van der Waals surface area contributed by atoms with E-state index in [1.165, 1.54) is 0 Å². The van der Waals surface area contributed by atoms with E-state index in [-0.39, 0.29) is 18.2 Å². The maximum absolute atomic E-state index is 15.4. The van der Waals surface area contributed by atoms with Gasteiger partial charge in [0, 0.05) is 35.4 Å². The summed E-state index contributed by atoms with van der Waals surface area (Å²) in [5.74, 6) is -31.9. The number of alkyl halides is 18. The standard InChI is InChI=1S/C26H10F18N2O6/c27-19(28,23(37,25(39,40)41)51-17-6-4-13(45(47)48)9-15(17)21(31,32)33)11-2-1-3-12(8-11)20(29,30)24(38,26(42,43)44)52-18-7-5-14(46(49)50)10-16(18)22(34,35)36/h1-10H. The van der Waals surface area contributed by atoms with Crippen LogP contribution in [0.2, 0.25) is 0 Å². The molecule has 0 N–H and O–H groups in total. The fourth-order valence-electron chi connectivity index (χ4n) is 4.07. The summed E-state index contributed by atoms with van der Waals surface area (Å²) < 4.78 is 263. The van der Waals surface area contributed by atoms with E-state index < -0.39 is 146 Å². The van der Waals surface area contributed by atoms with Crippen molar-refractivity contribution < 1.29 is 98.3 Å². The molecule has 286 valence electrons. The van der Waals surface area contributed by atoms with Crippen molar-refractivity contribution >= 4 is 11.4 Å². The second-order valence-electron chi connectivity index (χ2n) is 9.99. The first-order valence-corrected chi connectivity index (χ1v) is 12.7. The van der Waals surface area contributed by atoms with E-state index in [0.717, 1.165) is 0 Å². The van der Waals surface area contributed by atoms with Crippen molar-refractivity contribution in [1.29, 1.82) is 0 Å². The molecule has 0 aliphatic rings. The van der Waals surface area contributed by atoms with Crippen molar-refractivity contribution in [2.24, 2.45) is 0 Å². The summed E-state index contributed by atoms with van der Waals surface area (Å²) in [7, 11) is 0. The minimum atomic E-state index is -7.21. The van der Waals surface area contributed by atoms with Crippen LogP contribution in [-0.2, 0) is 24.2 Å². The van der Waals surface area contributed by atoms with E-state index in [2.05, 4.69) is 9.47 Å². The van der Waals surface area contributed by atoms with Crippen molar-refractivity contribution in [2.45, 2.75) is 48.3 Å². The number of hydrogen-bond acceptors (Lipinski definition) is 6. The van der Waals surface area contributed by atoms with E-state index in [1.54, 1.807) is 0 Å². The van der Waals surface area contributed by atoms with Gasteiger partial charge in [-0.1, -0.05) is 18.2 Å². The molecule has 3 aromatic carbocycles. The summed E-state index contributed by atoms with van der Waals surface area (Å²) in [6.07, 6.45) is -26.4. The van der Waals surface area contributed by atoms with Gasteiger partial charge in [-0.3, -0.25) is 20.2 Å². The Morgan fingerprint density at radius 3 is 1.02 bits per heavy atom. The van der Waals surface area contributed by atoms with Crippen molar-refractivity contribution in [3.05, 3.63) is 103 Å². The third kappa shape index (κ3) is 7.26. The number of nitro benzene ring substituents is 2. The Hall–Kier alpha value is -5.20. The van der Waals surface area contributed by atoms with E-state index >= 15 is 26.3 Å². The van der Waals surface area contributed by atoms with E-state index in [4.69, 9.17) is 0 Å². The molecule has 3 rings (SSSR count). The Morgan fingerprint density at radius 1 is 0.462 bits per heavy atom. The van der Waals surface area contributed by atoms with Crippen molar-refractivity contribution in [3.63, 3.8) is 0 Å². The highest BCUT2D eigenvalue weighted by molar-refractivity contribution is 5.47. The van der Waals surface area contributed by atoms with Gasteiger partial charge in [0.2, 0.25) is 0 Å². The van der Waals surface area contributed by atoms with E-state index in [1.807, 2.05) is 0 Å². The highest BCUT2D eigenvalue weighted by Gasteiger charge is 2.77. The molecule has 0 bridgehead atoms. The monoisotopic (exact) mass is 788 g/mol. The number of rotatable bonds is 10. The zero-order valence-corrected chi connectivity index (χ0v) is 23.9. The van der Waals surface area contributed by atoms with Crippen molar-refractivity contribution in [3.8, 4) is 11.5 Å². The molecular formula is C26H10F18N2O6. The SMILES string of the molecule is O=[N+]([O-])c1ccc(OC(F)(C(F)(F)F)C(F)(F)c2cccc(C(F)(F)C(F)(Oc3ccc([N+](=O)[O-])cc3C(F)(F)F)C(F)(F)F)c2)c(C(F)(F)F)c1. The molecule has 0 spiro atoms. The van der Waals surface area contributed by atoms with Gasteiger partial charge in [-0.25, -0.2) is 0 Å². The van der Waals surface area contributed by atoms with Crippen LogP contribution in [0.25, 0.3) is 0 Å². The van der Waals surface area contributed by atoms with Crippen LogP contribution in [0, 0.1) is 20.2 Å². The highest BCUT2D eigenvalue weighted by atomic mass is 19.4. The minimum Gasteiger partial charge on any atom is -0.445 e. The molecule has 3 aromatic rings. The summed E-state index contributed by atoms with van der Waals surface area (Å²) in [6.45, 7) is 0. The van der Waals surface area contributed by atoms with Crippen LogP contribution in [0.15, 0.2) is 60.7 Å². The normalized spacial score (nSPS) is 15.7. The highest BCUT2D eigenvalue weighted by Crippen LogP contribution is 2.56. The molecule has 8 nitrogen and oxygen atoms in total. The Labute approximate surface area is 273 Å². The smallest absolute Gasteiger partial charge is 0.445 e. The van der Waals surface area contributed by atoms with Crippen LogP contribution in [0.3, 0.4) is 0 Å². The summed E-state index contributed by atoms with van der Waals surface area (Å²) in [6, 6.07) is -4.51. The number of nitrogens with zero attached hydrogens (tertiary/aromatic N) is 2. The zero-order chi connectivity index (χ0) is 40.3. The predicted octanol–water partition coefficient (Wildman–Crippen LogP) is 10.3. The number of benzene rings is 3. The van der Waals surface area contributed by atoms with Crippen LogP contribution < -0.4 is 9.47 Å². The molecule has 0 saturated heterocycles.